The van der Waals surface area contributed by atoms with Gasteiger partial charge in [0.1, 0.15) is 6.10 Å². The van der Waals surface area contributed by atoms with Gasteiger partial charge in [0, 0.05) is 42.7 Å². The van der Waals surface area contributed by atoms with Crippen molar-refractivity contribution in [2.75, 3.05) is 13.1 Å². The lowest BCUT2D eigenvalue weighted by molar-refractivity contribution is -0.156. The fourth-order valence-electron chi connectivity index (χ4n) is 5.88. The standard InChI is InChI=1S/C23H30N2O2/c1-3-25-14-16(23(26)27-17-7-4-5-8-17)11-19-18-9-6-10-20-22(18)15(12-21(19)25)13-24(20)2/h6,9-10,13,16-17,19,21H,3-5,7-8,11-12,14H2,1-2H3/t16?,19-,21-/m1/s1. The van der Waals surface area contributed by atoms with E-state index in [9.17, 15) is 4.79 Å². The summed E-state index contributed by atoms with van der Waals surface area (Å²) in [6, 6.07) is 7.20. The van der Waals surface area contributed by atoms with E-state index in [1.165, 1.54) is 34.9 Å². The molecule has 0 bridgehead atoms. The third-order valence-corrected chi connectivity index (χ3v) is 7.21. The van der Waals surface area contributed by atoms with Gasteiger partial charge in [-0.2, -0.15) is 0 Å². The van der Waals surface area contributed by atoms with E-state index < -0.39 is 0 Å². The summed E-state index contributed by atoms with van der Waals surface area (Å²) < 4.78 is 8.16. The van der Waals surface area contributed by atoms with Crippen molar-refractivity contribution < 1.29 is 9.53 Å². The molecule has 2 fully saturated rings. The minimum absolute atomic E-state index is 0.00678. The van der Waals surface area contributed by atoms with Crippen LogP contribution in [0.4, 0.5) is 0 Å². The van der Waals surface area contributed by atoms with E-state index in [1.807, 2.05) is 0 Å². The van der Waals surface area contributed by atoms with Crippen LogP contribution in [0.25, 0.3) is 10.9 Å². The Labute approximate surface area is 161 Å². The first-order valence-electron chi connectivity index (χ1n) is 10.7. The Bertz CT molecular complexity index is 865. The Balaban J connectivity index is 1.47. The zero-order valence-electron chi connectivity index (χ0n) is 16.5. The molecule has 144 valence electrons. The highest BCUT2D eigenvalue weighted by Gasteiger charge is 2.43. The van der Waals surface area contributed by atoms with Gasteiger partial charge >= 0.3 is 5.97 Å². The number of likely N-dealkylation sites (N-methyl/N-ethyl adjacent to an activating group) is 1. The number of fused-ring (bicyclic) bond motifs is 2. The number of esters is 1. The number of hydrogen-bond acceptors (Lipinski definition) is 3. The summed E-state index contributed by atoms with van der Waals surface area (Å²) in [5, 5.41) is 1.43. The van der Waals surface area contributed by atoms with Crippen molar-refractivity contribution >= 4 is 16.9 Å². The Morgan fingerprint density at radius 3 is 2.85 bits per heavy atom. The minimum atomic E-state index is 0.00678. The Morgan fingerprint density at radius 1 is 1.26 bits per heavy atom. The number of carbonyl (C=O) groups excluding carboxylic acids is 1. The van der Waals surface area contributed by atoms with Crippen LogP contribution < -0.4 is 0 Å². The van der Waals surface area contributed by atoms with E-state index in [4.69, 9.17) is 4.74 Å². The summed E-state index contributed by atoms with van der Waals surface area (Å²) >= 11 is 0. The number of aryl methyl sites for hydroxylation is 1. The molecule has 2 aliphatic carbocycles. The predicted octanol–water partition coefficient (Wildman–Crippen LogP) is 4.01. The highest BCUT2D eigenvalue weighted by molar-refractivity contribution is 5.89. The molecule has 1 aromatic carbocycles. The summed E-state index contributed by atoms with van der Waals surface area (Å²) in [6.07, 6.45) is 9.00. The molecule has 2 heterocycles. The summed E-state index contributed by atoms with van der Waals surface area (Å²) in [5.41, 5.74) is 4.23. The maximum absolute atomic E-state index is 12.9. The van der Waals surface area contributed by atoms with Crippen LogP contribution in [0.3, 0.4) is 0 Å². The van der Waals surface area contributed by atoms with Crippen LogP contribution in [0.15, 0.2) is 24.4 Å². The molecule has 0 spiro atoms. The summed E-state index contributed by atoms with van der Waals surface area (Å²) in [5.74, 6) is 0.482. The molecule has 2 aromatic rings. The molecule has 1 unspecified atom stereocenters. The molecule has 3 aliphatic rings. The fourth-order valence-corrected chi connectivity index (χ4v) is 5.88. The molecule has 1 saturated carbocycles. The number of nitrogens with zero attached hydrogens (tertiary/aromatic N) is 2. The first-order chi connectivity index (χ1) is 13.2. The Hall–Kier alpha value is -1.81. The van der Waals surface area contributed by atoms with E-state index >= 15 is 0 Å². The smallest absolute Gasteiger partial charge is 0.310 e. The van der Waals surface area contributed by atoms with Gasteiger partial charge in [-0.3, -0.25) is 9.69 Å². The lowest BCUT2D eigenvalue weighted by atomic mass is 9.72. The lowest BCUT2D eigenvalue weighted by Gasteiger charge is -2.46. The summed E-state index contributed by atoms with van der Waals surface area (Å²) in [4.78, 5) is 15.5. The Morgan fingerprint density at radius 2 is 2.07 bits per heavy atom. The van der Waals surface area contributed by atoms with Crippen molar-refractivity contribution in [2.45, 2.75) is 63.5 Å². The normalized spacial score (nSPS) is 28.4. The molecule has 4 heteroatoms. The zero-order valence-corrected chi connectivity index (χ0v) is 16.5. The van der Waals surface area contributed by atoms with E-state index in [-0.39, 0.29) is 18.0 Å². The molecule has 0 N–H and O–H groups in total. The number of hydrogen-bond donors (Lipinski definition) is 0. The first-order valence-corrected chi connectivity index (χ1v) is 10.7. The van der Waals surface area contributed by atoms with Crippen molar-refractivity contribution in [3.8, 4) is 0 Å². The molecule has 1 aromatic heterocycles. The number of aromatic nitrogens is 1. The SMILES string of the molecule is CCN1CC(C(=O)OC2CCCC2)C[C@@H]2c3cccc4c3c(cn4C)C[C@H]21. The van der Waals surface area contributed by atoms with Crippen molar-refractivity contribution in [3.05, 3.63) is 35.5 Å². The quantitative estimate of drug-likeness (QED) is 0.770. The van der Waals surface area contributed by atoms with Gasteiger partial charge in [0.2, 0.25) is 0 Å². The highest BCUT2D eigenvalue weighted by atomic mass is 16.5. The van der Waals surface area contributed by atoms with Gasteiger partial charge in [-0.15, -0.1) is 0 Å². The van der Waals surface area contributed by atoms with Gasteiger partial charge in [0.25, 0.3) is 0 Å². The predicted molar refractivity (Wildman–Crippen MR) is 107 cm³/mol. The second kappa shape index (κ2) is 6.66. The molecule has 27 heavy (non-hydrogen) atoms. The van der Waals surface area contributed by atoms with Crippen LogP contribution in [0.5, 0.6) is 0 Å². The van der Waals surface area contributed by atoms with Crippen LogP contribution in [0.1, 0.15) is 56.1 Å². The lowest BCUT2D eigenvalue weighted by Crippen LogP contribution is -2.51. The van der Waals surface area contributed by atoms with Gasteiger partial charge in [0.15, 0.2) is 0 Å². The van der Waals surface area contributed by atoms with Crippen molar-refractivity contribution in [1.29, 1.82) is 0 Å². The van der Waals surface area contributed by atoms with Crippen LogP contribution in [0.2, 0.25) is 0 Å². The van der Waals surface area contributed by atoms with Crippen LogP contribution >= 0.6 is 0 Å². The van der Waals surface area contributed by atoms with E-state index in [2.05, 4.69) is 47.8 Å². The van der Waals surface area contributed by atoms with Crippen LogP contribution in [-0.4, -0.2) is 40.7 Å². The topological polar surface area (TPSA) is 34.5 Å². The second-order valence-corrected chi connectivity index (χ2v) is 8.75. The van der Waals surface area contributed by atoms with Crippen molar-refractivity contribution in [1.82, 2.24) is 9.47 Å². The summed E-state index contributed by atoms with van der Waals surface area (Å²) in [6.45, 7) is 4.07. The molecule has 0 amide bonds. The monoisotopic (exact) mass is 366 g/mol. The number of benzene rings is 1. The molecule has 5 rings (SSSR count). The number of rotatable bonds is 3. The second-order valence-electron chi connectivity index (χ2n) is 8.75. The number of carbonyl (C=O) groups is 1. The fraction of sp³-hybridized carbons (Fsp3) is 0.609. The number of likely N-dealkylation sites (tertiary alicyclic amines) is 1. The molecule has 0 radical (unpaired) electrons. The molecular formula is C23H30N2O2. The van der Waals surface area contributed by atoms with E-state index in [0.29, 0.717) is 12.0 Å². The van der Waals surface area contributed by atoms with Gasteiger partial charge in [-0.05, 0) is 62.3 Å². The maximum atomic E-state index is 12.9. The largest absolute Gasteiger partial charge is 0.462 e. The van der Waals surface area contributed by atoms with Gasteiger partial charge < -0.3 is 9.30 Å². The van der Waals surface area contributed by atoms with E-state index in [1.54, 1.807) is 0 Å². The molecule has 3 atom stereocenters. The third-order valence-electron chi connectivity index (χ3n) is 7.21. The summed E-state index contributed by atoms with van der Waals surface area (Å²) in [7, 11) is 2.14. The maximum Gasteiger partial charge on any atom is 0.310 e. The minimum Gasteiger partial charge on any atom is -0.462 e. The van der Waals surface area contributed by atoms with Gasteiger partial charge in [-0.25, -0.2) is 0 Å². The Kier molecular flexibility index (Phi) is 4.27. The molecular weight excluding hydrogens is 336 g/mol. The average molecular weight is 367 g/mol. The third kappa shape index (κ3) is 2.80. The average Bonchev–Trinajstić information content (AvgIpc) is 3.30. The van der Waals surface area contributed by atoms with Crippen LogP contribution in [-0.2, 0) is 23.0 Å². The number of ether oxygens (including phenoxy) is 1. The van der Waals surface area contributed by atoms with Crippen molar-refractivity contribution in [3.63, 3.8) is 0 Å². The van der Waals surface area contributed by atoms with Crippen molar-refractivity contribution in [2.24, 2.45) is 13.0 Å². The first kappa shape index (κ1) is 17.3. The van der Waals surface area contributed by atoms with E-state index in [0.717, 1.165) is 38.8 Å². The van der Waals surface area contributed by atoms with Gasteiger partial charge in [-0.1, -0.05) is 19.1 Å². The zero-order chi connectivity index (χ0) is 18.5. The molecule has 4 nitrogen and oxygen atoms in total. The molecule has 1 aliphatic heterocycles. The number of piperidine rings is 1. The van der Waals surface area contributed by atoms with Gasteiger partial charge in [0.05, 0.1) is 5.92 Å². The molecule has 1 saturated heterocycles. The highest BCUT2D eigenvalue weighted by Crippen LogP contribution is 2.45. The van der Waals surface area contributed by atoms with Crippen LogP contribution in [0, 0.1) is 5.92 Å².